The Morgan fingerprint density at radius 3 is 2.94 bits per heavy atom. The van der Waals surface area contributed by atoms with Gasteiger partial charge in [-0.3, -0.25) is 4.79 Å². The van der Waals surface area contributed by atoms with E-state index in [2.05, 4.69) is 20.4 Å². The van der Waals surface area contributed by atoms with Crippen LogP contribution in [0.25, 0.3) is 0 Å². The number of nitrogens with zero attached hydrogens (tertiary/aromatic N) is 3. The highest BCUT2D eigenvalue weighted by Crippen LogP contribution is 2.20. The van der Waals surface area contributed by atoms with Crippen molar-refractivity contribution >= 4 is 11.7 Å². The molecule has 1 atom stereocenters. The van der Waals surface area contributed by atoms with Crippen LogP contribution in [-0.2, 0) is 0 Å². The van der Waals surface area contributed by atoms with Crippen molar-refractivity contribution in [2.45, 2.75) is 13.3 Å². The predicted molar refractivity (Wildman–Crippen MR) is 69.4 cm³/mol. The van der Waals surface area contributed by atoms with Crippen molar-refractivity contribution < 1.29 is 4.79 Å². The average molecular weight is 249 g/mol. The third-order valence-electron chi connectivity index (χ3n) is 3.16. The highest BCUT2D eigenvalue weighted by atomic mass is 16.1. The molecule has 1 aliphatic rings. The van der Waals surface area contributed by atoms with E-state index in [1.807, 2.05) is 13.0 Å². The molecule has 1 aromatic rings. The lowest BCUT2D eigenvalue weighted by Crippen LogP contribution is -2.26. The summed E-state index contributed by atoms with van der Waals surface area (Å²) in [5.41, 5.74) is 6.01. The summed E-state index contributed by atoms with van der Waals surface area (Å²) in [6.07, 6.45) is 1.09. The normalized spacial score (nSPS) is 19.0. The molecule has 1 amide bonds. The SMILES string of the molecule is CCNC(=O)c1ccc(N2CCC(CN)C2)nn1. The Balaban J connectivity index is 2.02. The van der Waals surface area contributed by atoms with Gasteiger partial charge in [-0.15, -0.1) is 10.2 Å². The molecule has 98 valence electrons. The zero-order valence-corrected chi connectivity index (χ0v) is 10.6. The maximum absolute atomic E-state index is 11.5. The molecule has 0 spiro atoms. The minimum atomic E-state index is -0.183. The minimum absolute atomic E-state index is 0.183. The van der Waals surface area contributed by atoms with Crippen molar-refractivity contribution in [1.82, 2.24) is 15.5 Å². The molecule has 0 bridgehead atoms. The molecule has 0 aromatic carbocycles. The summed E-state index contributed by atoms with van der Waals surface area (Å²) in [6.45, 7) is 5.05. The van der Waals surface area contributed by atoms with Gasteiger partial charge in [0.05, 0.1) is 0 Å². The van der Waals surface area contributed by atoms with Crippen LogP contribution in [-0.4, -0.2) is 42.3 Å². The van der Waals surface area contributed by atoms with E-state index in [4.69, 9.17) is 5.73 Å². The van der Waals surface area contributed by atoms with Crippen LogP contribution in [0.3, 0.4) is 0 Å². The summed E-state index contributed by atoms with van der Waals surface area (Å²) in [6, 6.07) is 3.56. The molecule has 1 fully saturated rings. The van der Waals surface area contributed by atoms with Gasteiger partial charge in [0, 0.05) is 19.6 Å². The molecule has 1 saturated heterocycles. The number of nitrogens with one attached hydrogen (secondary N) is 1. The van der Waals surface area contributed by atoms with Crippen molar-refractivity contribution in [3.63, 3.8) is 0 Å². The largest absolute Gasteiger partial charge is 0.355 e. The van der Waals surface area contributed by atoms with Crippen LogP contribution in [0.4, 0.5) is 5.82 Å². The van der Waals surface area contributed by atoms with Crippen LogP contribution in [0.1, 0.15) is 23.8 Å². The lowest BCUT2D eigenvalue weighted by Gasteiger charge is -2.16. The van der Waals surface area contributed by atoms with Gasteiger partial charge < -0.3 is 16.0 Å². The van der Waals surface area contributed by atoms with Gasteiger partial charge in [-0.25, -0.2) is 0 Å². The number of hydrogen-bond donors (Lipinski definition) is 2. The zero-order valence-electron chi connectivity index (χ0n) is 10.6. The van der Waals surface area contributed by atoms with Crippen molar-refractivity contribution in [2.75, 3.05) is 31.1 Å². The second-order valence-corrected chi connectivity index (χ2v) is 4.47. The number of carbonyl (C=O) groups excluding carboxylic acids is 1. The molecule has 1 aromatic heterocycles. The zero-order chi connectivity index (χ0) is 13.0. The van der Waals surface area contributed by atoms with Crippen molar-refractivity contribution in [3.8, 4) is 0 Å². The highest BCUT2D eigenvalue weighted by molar-refractivity contribution is 5.92. The standard InChI is InChI=1S/C12H19N5O/c1-2-14-12(18)10-3-4-11(16-15-10)17-6-5-9(7-13)8-17/h3-4,9H,2,5-8,13H2,1H3,(H,14,18). The molecule has 2 rings (SSSR count). The second-order valence-electron chi connectivity index (χ2n) is 4.47. The maximum atomic E-state index is 11.5. The number of anilines is 1. The van der Waals surface area contributed by atoms with E-state index in [0.717, 1.165) is 25.3 Å². The van der Waals surface area contributed by atoms with Crippen LogP contribution >= 0.6 is 0 Å². The lowest BCUT2D eigenvalue weighted by atomic mass is 10.1. The van der Waals surface area contributed by atoms with Crippen LogP contribution < -0.4 is 16.0 Å². The fourth-order valence-corrected chi connectivity index (χ4v) is 2.10. The van der Waals surface area contributed by atoms with E-state index in [9.17, 15) is 4.79 Å². The Morgan fingerprint density at radius 1 is 1.56 bits per heavy atom. The average Bonchev–Trinajstić information content (AvgIpc) is 2.88. The maximum Gasteiger partial charge on any atom is 0.271 e. The lowest BCUT2D eigenvalue weighted by molar-refractivity contribution is 0.0950. The first-order chi connectivity index (χ1) is 8.74. The van der Waals surface area contributed by atoms with Crippen LogP contribution in [0, 0.1) is 5.92 Å². The van der Waals surface area contributed by atoms with Crippen molar-refractivity contribution in [3.05, 3.63) is 17.8 Å². The third kappa shape index (κ3) is 2.76. The van der Waals surface area contributed by atoms with E-state index in [-0.39, 0.29) is 5.91 Å². The number of aromatic nitrogens is 2. The van der Waals surface area contributed by atoms with E-state index in [1.54, 1.807) is 6.07 Å². The molecular formula is C12H19N5O. The van der Waals surface area contributed by atoms with E-state index in [0.29, 0.717) is 24.7 Å². The summed E-state index contributed by atoms with van der Waals surface area (Å²) in [7, 11) is 0. The van der Waals surface area contributed by atoms with Crippen LogP contribution in [0.15, 0.2) is 12.1 Å². The Hall–Kier alpha value is -1.69. The first-order valence-electron chi connectivity index (χ1n) is 6.31. The molecule has 18 heavy (non-hydrogen) atoms. The van der Waals surface area contributed by atoms with Gasteiger partial charge >= 0.3 is 0 Å². The summed E-state index contributed by atoms with van der Waals surface area (Å²) >= 11 is 0. The number of nitrogens with two attached hydrogens (primary N) is 1. The molecule has 3 N–H and O–H groups in total. The number of carbonyl (C=O) groups is 1. The van der Waals surface area contributed by atoms with Gasteiger partial charge in [-0.1, -0.05) is 0 Å². The van der Waals surface area contributed by atoms with Gasteiger partial charge in [-0.2, -0.15) is 0 Å². The number of amides is 1. The molecule has 6 nitrogen and oxygen atoms in total. The quantitative estimate of drug-likeness (QED) is 0.785. The summed E-state index contributed by atoms with van der Waals surface area (Å²) in [4.78, 5) is 13.7. The minimum Gasteiger partial charge on any atom is -0.355 e. The van der Waals surface area contributed by atoms with Gasteiger partial charge in [0.15, 0.2) is 11.5 Å². The summed E-state index contributed by atoms with van der Waals surface area (Å²) in [5.74, 6) is 1.17. The number of hydrogen-bond acceptors (Lipinski definition) is 5. The van der Waals surface area contributed by atoms with E-state index < -0.39 is 0 Å². The van der Waals surface area contributed by atoms with Gasteiger partial charge in [0.25, 0.3) is 5.91 Å². The van der Waals surface area contributed by atoms with Crippen molar-refractivity contribution in [2.24, 2.45) is 11.7 Å². The molecule has 1 unspecified atom stereocenters. The number of rotatable bonds is 4. The first kappa shape index (κ1) is 12.8. The molecule has 0 saturated carbocycles. The first-order valence-corrected chi connectivity index (χ1v) is 6.31. The van der Waals surface area contributed by atoms with Crippen molar-refractivity contribution in [1.29, 1.82) is 0 Å². The summed E-state index contributed by atoms with van der Waals surface area (Å²) in [5, 5.41) is 10.8. The van der Waals surface area contributed by atoms with E-state index >= 15 is 0 Å². The molecule has 1 aliphatic heterocycles. The van der Waals surface area contributed by atoms with Gasteiger partial charge in [0.2, 0.25) is 0 Å². The fraction of sp³-hybridized carbons (Fsp3) is 0.583. The predicted octanol–water partition coefficient (Wildman–Crippen LogP) is 0.0113. The smallest absolute Gasteiger partial charge is 0.271 e. The highest BCUT2D eigenvalue weighted by Gasteiger charge is 2.22. The third-order valence-corrected chi connectivity index (χ3v) is 3.16. The summed E-state index contributed by atoms with van der Waals surface area (Å²) < 4.78 is 0. The van der Waals surface area contributed by atoms with Crippen LogP contribution in [0.5, 0.6) is 0 Å². The Labute approximate surface area is 107 Å². The van der Waals surface area contributed by atoms with E-state index in [1.165, 1.54) is 0 Å². The fourth-order valence-electron chi connectivity index (χ4n) is 2.10. The molecular weight excluding hydrogens is 230 g/mol. The Kier molecular flexibility index (Phi) is 4.09. The Bertz CT molecular complexity index is 405. The molecule has 2 heterocycles. The molecule has 0 aliphatic carbocycles. The monoisotopic (exact) mass is 249 g/mol. The molecule has 6 heteroatoms. The second kappa shape index (κ2) is 5.77. The van der Waals surface area contributed by atoms with Crippen LogP contribution in [0.2, 0.25) is 0 Å². The van der Waals surface area contributed by atoms with Gasteiger partial charge in [-0.05, 0) is 37.9 Å². The Morgan fingerprint density at radius 2 is 2.39 bits per heavy atom. The molecule has 0 radical (unpaired) electrons. The topological polar surface area (TPSA) is 84.1 Å². The van der Waals surface area contributed by atoms with Gasteiger partial charge in [0.1, 0.15) is 0 Å².